The molecular formula is C13H16N2O2. The minimum Gasteiger partial charge on any atom is -0.481 e. The molecule has 2 aromatic rings. The van der Waals surface area contributed by atoms with E-state index >= 15 is 0 Å². The highest BCUT2D eigenvalue weighted by atomic mass is 16.4. The Bertz CT molecular complexity index is 585. The lowest BCUT2D eigenvalue weighted by molar-refractivity contribution is -0.137. The minimum absolute atomic E-state index is 0.120. The first kappa shape index (κ1) is 11.6. The molecule has 1 N–H and O–H groups in total. The Kier molecular flexibility index (Phi) is 2.88. The molecule has 0 atom stereocenters. The lowest BCUT2D eigenvalue weighted by Crippen LogP contribution is -2.03. The Labute approximate surface area is 99.9 Å². The summed E-state index contributed by atoms with van der Waals surface area (Å²) in [6, 6.07) is 4.04. The summed E-state index contributed by atoms with van der Waals surface area (Å²) in [6.07, 6.45) is 0.591. The second-order valence-electron chi connectivity index (χ2n) is 4.36. The third-order valence-corrected chi connectivity index (χ3v) is 3.22. The van der Waals surface area contributed by atoms with E-state index in [0.717, 1.165) is 16.9 Å². The van der Waals surface area contributed by atoms with Crippen molar-refractivity contribution < 1.29 is 9.90 Å². The number of aliphatic carboxylic acids is 1. The van der Waals surface area contributed by atoms with E-state index in [1.807, 2.05) is 23.7 Å². The van der Waals surface area contributed by atoms with Gasteiger partial charge >= 0.3 is 5.97 Å². The molecule has 0 spiro atoms. The Balaban J connectivity index is 2.50. The molecule has 0 saturated carbocycles. The fraction of sp³-hybridized carbons (Fsp3) is 0.385. The molecule has 0 unspecified atom stereocenters. The molecule has 1 aromatic heterocycles. The summed E-state index contributed by atoms with van der Waals surface area (Å²) >= 11 is 0. The highest BCUT2D eigenvalue weighted by molar-refractivity contribution is 5.81. The molecule has 0 amide bonds. The molecule has 1 aromatic carbocycles. The van der Waals surface area contributed by atoms with E-state index in [1.165, 1.54) is 11.1 Å². The van der Waals surface area contributed by atoms with Crippen LogP contribution in [0.25, 0.3) is 11.0 Å². The van der Waals surface area contributed by atoms with Gasteiger partial charge in [-0.3, -0.25) is 4.79 Å². The molecule has 0 saturated heterocycles. The van der Waals surface area contributed by atoms with Crippen LogP contribution < -0.4 is 0 Å². The van der Waals surface area contributed by atoms with Gasteiger partial charge in [0.25, 0.3) is 0 Å². The number of aromatic nitrogens is 2. The maximum Gasteiger partial charge on any atom is 0.303 e. The van der Waals surface area contributed by atoms with Crippen molar-refractivity contribution in [3.63, 3.8) is 0 Å². The smallest absolute Gasteiger partial charge is 0.303 e. The van der Waals surface area contributed by atoms with Gasteiger partial charge in [-0.15, -0.1) is 0 Å². The van der Waals surface area contributed by atoms with Crippen LogP contribution >= 0.6 is 0 Å². The zero-order chi connectivity index (χ0) is 12.6. The fourth-order valence-electron chi connectivity index (χ4n) is 2.09. The number of hydrogen-bond donors (Lipinski definition) is 1. The van der Waals surface area contributed by atoms with Crippen LogP contribution in [0, 0.1) is 13.8 Å². The number of carboxylic acids is 1. The summed E-state index contributed by atoms with van der Waals surface area (Å²) in [5.74, 6) is 0.0426. The van der Waals surface area contributed by atoms with Crippen LogP contribution in [0.1, 0.15) is 23.4 Å². The Hall–Kier alpha value is -1.84. The quantitative estimate of drug-likeness (QED) is 0.882. The highest BCUT2D eigenvalue weighted by Crippen LogP contribution is 2.22. The van der Waals surface area contributed by atoms with E-state index in [4.69, 9.17) is 5.11 Å². The molecule has 0 aliphatic carbocycles. The molecule has 0 radical (unpaired) electrons. The van der Waals surface area contributed by atoms with E-state index < -0.39 is 5.97 Å². The predicted molar refractivity (Wildman–Crippen MR) is 66.1 cm³/mol. The van der Waals surface area contributed by atoms with Gasteiger partial charge in [0.05, 0.1) is 17.5 Å². The average molecular weight is 232 g/mol. The molecule has 2 rings (SSSR count). The van der Waals surface area contributed by atoms with Gasteiger partial charge in [-0.2, -0.15) is 0 Å². The number of hydrogen-bond acceptors (Lipinski definition) is 2. The van der Waals surface area contributed by atoms with E-state index in [2.05, 4.69) is 18.8 Å². The summed E-state index contributed by atoms with van der Waals surface area (Å²) in [7, 11) is 1.94. The third kappa shape index (κ3) is 2.02. The molecule has 4 nitrogen and oxygen atoms in total. The predicted octanol–water partition coefficient (Wildman–Crippen LogP) is 2.21. The molecule has 90 valence electrons. The van der Waals surface area contributed by atoms with Crippen molar-refractivity contribution in [2.24, 2.45) is 7.05 Å². The minimum atomic E-state index is -0.787. The van der Waals surface area contributed by atoms with Crippen molar-refractivity contribution in [2.45, 2.75) is 26.7 Å². The first-order valence-corrected chi connectivity index (χ1v) is 5.64. The second kappa shape index (κ2) is 4.20. The normalized spacial score (nSPS) is 11.0. The Morgan fingerprint density at radius 3 is 2.76 bits per heavy atom. The number of aryl methyl sites for hydroxylation is 4. The molecule has 0 fully saturated rings. The number of carbonyl (C=O) groups is 1. The molecule has 0 aliphatic heterocycles. The number of carboxylic acid groups (broad SMARTS) is 1. The highest BCUT2D eigenvalue weighted by Gasteiger charge is 2.11. The van der Waals surface area contributed by atoms with Gasteiger partial charge in [0.15, 0.2) is 0 Å². The van der Waals surface area contributed by atoms with Crippen molar-refractivity contribution in [2.75, 3.05) is 0 Å². The topological polar surface area (TPSA) is 55.1 Å². The van der Waals surface area contributed by atoms with Gasteiger partial charge in [-0.05, 0) is 31.0 Å². The molecule has 0 bridgehead atoms. The van der Waals surface area contributed by atoms with Crippen LogP contribution in [0.4, 0.5) is 0 Å². The lowest BCUT2D eigenvalue weighted by Gasteiger charge is -2.04. The van der Waals surface area contributed by atoms with E-state index in [0.29, 0.717) is 6.42 Å². The Morgan fingerprint density at radius 1 is 1.41 bits per heavy atom. The SMILES string of the molecule is Cc1ccc2nc(CCC(=O)O)n(C)c2c1C. The van der Waals surface area contributed by atoms with E-state index in [-0.39, 0.29) is 6.42 Å². The van der Waals surface area contributed by atoms with Crippen molar-refractivity contribution >= 4 is 17.0 Å². The second-order valence-corrected chi connectivity index (χ2v) is 4.36. The summed E-state index contributed by atoms with van der Waals surface area (Å²) in [4.78, 5) is 15.1. The molecule has 4 heteroatoms. The van der Waals surface area contributed by atoms with Crippen molar-refractivity contribution in [3.8, 4) is 0 Å². The van der Waals surface area contributed by atoms with Crippen LogP contribution in [-0.4, -0.2) is 20.6 Å². The van der Waals surface area contributed by atoms with E-state index in [9.17, 15) is 4.79 Å². The number of fused-ring (bicyclic) bond motifs is 1. The number of imidazole rings is 1. The zero-order valence-electron chi connectivity index (χ0n) is 10.3. The number of rotatable bonds is 3. The first-order chi connectivity index (χ1) is 8.00. The maximum atomic E-state index is 10.6. The van der Waals surface area contributed by atoms with Gasteiger partial charge in [0.2, 0.25) is 0 Å². The zero-order valence-corrected chi connectivity index (χ0v) is 10.3. The average Bonchev–Trinajstić information content (AvgIpc) is 2.59. The van der Waals surface area contributed by atoms with Crippen LogP contribution in [0.2, 0.25) is 0 Å². The van der Waals surface area contributed by atoms with Crippen LogP contribution in [0.3, 0.4) is 0 Å². The van der Waals surface area contributed by atoms with Gasteiger partial charge in [-0.25, -0.2) is 4.98 Å². The summed E-state index contributed by atoms with van der Waals surface area (Å²) in [5.41, 5.74) is 4.48. The van der Waals surface area contributed by atoms with Crippen molar-refractivity contribution in [1.82, 2.24) is 9.55 Å². The molecule has 0 aliphatic rings. The van der Waals surface area contributed by atoms with Gasteiger partial charge in [0, 0.05) is 13.5 Å². The number of benzene rings is 1. The van der Waals surface area contributed by atoms with Crippen LogP contribution in [-0.2, 0) is 18.3 Å². The van der Waals surface area contributed by atoms with E-state index in [1.54, 1.807) is 0 Å². The molecular weight excluding hydrogens is 216 g/mol. The van der Waals surface area contributed by atoms with Crippen molar-refractivity contribution in [1.29, 1.82) is 0 Å². The van der Waals surface area contributed by atoms with Gasteiger partial charge in [-0.1, -0.05) is 6.07 Å². The monoisotopic (exact) mass is 232 g/mol. The summed E-state index contributed by atoms with van der Waals surface area (Å²) < 4.78 is 2.00. The molecule has 1 heterocycles. The van der Waals surface area contributed by atoms with Gasteiger partial charge in [0.1, 0.15) is 5.82 Å². The third-order valence-electron chi connectivity index (χ3n) is 3.22. The van der Waals surface area contributed by atoms with Crippen LogP contribution in [0.15, 0.2) is 12.1 Å². The summed E-state index contributed by atoms with van der Waals surface area (Å²) in [5, 5.41) is 8.70. The fourth-order valence-corrected chi connectivity index (χ4v) is 2.09. The number of nitrogens with zero attached hydrogens (tertiary/aromatic N) is 2. The largest absolute Gasteiger partial charge is 0.481 e. The first-order valence-electron chi connectivity index (χ1n) is 5.64. The molecule has 17 heavy (non-hydrogen) atoms. The maximum absolute atomic E-state index is 10.6. The van der Waals surface area contributed by atoms with Crippen LogP contribution in [0.5, 0.6) is 0 Å². The lowest BCUT2D eigenvalue weighted by atomic mass is 10.1. The Morgan fingerprint density at radius 2 is 2.12 bits per heavy atom. The van der Waals surface area contributed by atoms with Gasteiger partial charge < -0.3 is 9.67 Å². The standard InChI is InChI=1S/C13H16N2O2/c1-8-4-5-10-13(9(8)2)15(3)11(14-10)6-7-12(16)17/h4-5H,6-7H2,1-3H3,(H,16,17). The summed E-state index contributed by atoms with van der Waals surface area (Å²) in [6.45, 7) is 4.14. The van der Waals surface area contributed by atoms with Crippen molar-refractivity contribution in [3.05, 3.63) is 29.1 Å².